The number of hydrogen-bond acceptors (Lipinski definition) is 6. The van der Waals surface area contributed by atoms with Crippen LogP contribution in [0.3, 0.4) is 0 Å². The van der Waals surface area contributed by atoms with Crippen LogP contribution in [0.1, 0.15) is 59.3 Å². The molecule has 7 atom stereocenters. The summed E-state index contributed by atoms with van der Waals surface area (Å²) in [6.07, 6.45) is 1.50. The molecule has 3 rings (SSSR count). The number of aliphatic hydroxyl groups excluding tert-OH is 3. The summed E-state index contributed by atoms with van der Waals surface area (Å²) in [5.74, 6) is -0.227. The van der Waals surface area contributed by atoms with Crippen molar-refractivity contribution in [3.05, 3.63) is 0 Å². The maximum Gasteiger partial charge on any atom is 0.407 e. The van der Waals surface area contributed by atoms with Gasteiger partial charge in [-0.15, -0.1) is 0 Å². The number of nitrogens with zero attached hydrogens (tertiary/aromatic N) is 1. The SMILES string of the molecule is CCNC(=O)OC1CCC2(C)C(CC(=O)N3CCC(O)C3)C(O)CCC2C1(C)CO. The Morgan fingerprint density at radius 2 is 1.90 bits per heavy atom. The second kappa shape index (κ2) is 9.01. The van der Waals surface area contributed by atoms with Crippen molar-refractivity contribution in [2.75, 3.05) is 26.2 Å². The van der Waals surface area contributed by atoms with Gasteiger partial charge in [0.25, 0.3) is 0 Å². The fourth-order valence-electron chi connectivity index (χ4n) is 6.38. The number of likely N-dealkylation sites (tertiary alicyclic amines) is 1. The first kappa shape index (κ1) is 23.3. The Balaban J connectivity index is 1.80. The van der Waals surface area contributed by atoms with Crippen LogP contribution >= 0.6 is 0 Å². The molecule has 0 radical (unpaired) electrons. The summed E-state index contributed by atoms with van der Waals surface area (Å²) in [6.45, 7) is 7.18. The standard InChI is InChI=1S/C22H38N2O6/c1-4-23-20(29)30-18-7-9-21(2)15(11-19(28)24-10-8-14(26)12-24)16(27)5-6-17(21)22(18,3)13-25/h14-18,25-27H,4-13H2,1-3H3,(H,23,29). The fraction of sp³-hybridized carbons (Fsp3) is 0.909. The van der Waals surface area contributed by atoms with Gasteiger partial charge in [-0.3, -0.25) is 4.79 Å². The van der Waals surface area contributed by atoms with Crippen molar-refractivity contribution in [1.29, 1.82) is 0 Å². The quantitative estimate of drug-likeness (QED) is 0.526. The third-order valence-corrected chi connectivity index (χ3v) is 8.16. The minimum absolute atomic E-state index is 0.0218. The van der Waals surface area contributed by atoms with Crippen LogP contribution in [0.25, 0.3) is 0 Å². The zero-order chi connectivity index (χ0) is 22.1. The molecule has 1 heterocycles. The van der Waals surface area contributed by atoms with Crippen LogP contribution in [0.15, 0.2) is 0 Å². The minimum atomic E-state index is -0.636. The Labute approximate surface area is 179 Å². The van der Waals surface area contributed by atoms with E-state index in [1.54, 1.807) is 4.90 Å². The summed E-state index contributed by atoms with van der Waals surface area (Å²) in [5, 5.41) is 33.7. The summed E-state index contributed by atoms with van der Waals surface area (Å²) < 4.78 is 5.69. The summed E-state index contributed by atoms with van der Waals surface area (Å²) in [5.41, 5.74) is -0.979. The molecule has 2 amide bonds. The molecule has 8 nitrogen and oxygen atoms in total. The van der Waals surface area contributed by atoms with E-state index in [4.69, 9.17) is 4.74 Å². The molecule has 1 aliphatic heterocycles. The topological polar surface area (TPSA) is 119 Å². The fourth-order valence-corrected chi connectivity index (χ4v) is 6.38. The number of hydrogen-bond donors (Lipinski definition) is 4. The Morgan fingerprint density at radius 1 is 1.17 bits per heavy atom. The van der Waals surface area contributed by atoms with Crippen LogP contribution in [0.5, 0.6) is 0 Å². The van der Waals surface area contributed by atoms with Crippen molar-refractivity contribution in [3.63, 3.8) is 0 Å². The zero-order valence-electron chi connectivity index (χ0n) is 18.5. The molecule has 0 spiro atoms. The van der Waals surface area contributed by atoms with Crippen LogP contribution < -0.4 is 5.32 Å². The lowest BCUT2D eigenvalue weighted by molar-refractivity contribution is -0.187. The van der Waals surface area contributed by atoms with Crippen LogP contribution in [0.4, 0.5) is 4.79 Å². The number of carbonyl (C=O) groups excluding carboxylic acids is 2. The van der Waals surface area contributed by atoms with Gasteiger partial charge < -0.3 is 30.3 Å². The van der Waals surface area contributed by atoms with Crippen LogP contribution in [-0.2, 0) is 9.53 Å². The molecule has 0 aromatic heterocycles. The van der Waals surface area contributed by atoms with Crippen molar-refractivity contribution in [1.82, 2.24) is 10.2 Å². The number of alkyl carbamates (subject to hydrolysis) is 1. The number of carbonyl (C=O) groups is 2. The number of aliphatic hydroxyl groups is 3. The molecule has 3 fully saturated rings. The highest BCUT2D eigenvalue weighted by Gasteiger charge is 2.60. The minimum Gasteiger partial charge on any atom is -0.446 e. The number of amides is 2. The number of nitrogens with one attached hydrogen (secondary N) is 1. The average molecular weight is 427 g/mol. The Bertz CT molecular complexity index is 645. The molecule has 30 heavy (non-hydrogen) atoms. The van der Waals surface area contributed by atoms with Crippen LogP contribution in [-0.4, -0.2) is 76.8 Å². The van der Waals surface area contributed by atoms with Gasteiger partial charge in [0, 0.05) is 31.5 Å². The molecular formula is C22H38N2O6. The molecule has 172 valence electrons. The molecule has 0 aromatic carbocycles. The summed E-state index contributed by atoms with van der Waals surface area (Å²) >= 11 is 0. The molecule has 0 aromatic rings. The number of ether oxygens (including phenoxy) is 1. The van der Waals surface area contributed by atoms with Crippen LogP contribution in [0, 0.1) is 22.7 Å². The monoisotopic (exact) mass is 426 g/mol. The highest BCUT2D eigenvalue weighted by atomic mass is 16.6. The third-order valence-electron chi connectivity index (χ3n) is 8.16. The van der Waals surface area contributed by atoms with E-state index in [9.17, 15) is 24.9 Å². The zero-order valence-corrected chi connectivity index (χ0v) is 18.5. The van der Waals surface area contributed by atoms with Crippen molar-refractivity contribution >= 4 is 12.0 Å². The lowest BCUT2D eigenvalue weighted by Gasteiger charge is -2.60. The number of fused-ring (bicyclic) bond motifs is 1. The van der Waals surface area contributed by atoms with Gasteiger partial charge >= 0.3 is 6.09 Å². The first-order chi connectivity index (χ1) is 14.2. The van der Waals surface area contributed by atoms with E-state index < -0.39 is 29.8 Å². The van der Waals surface area contributed by atoms with Crippen LogP contribution in [0.2, 0.25) is 0 Å². The molecule has 1 saturated heterocycles. The first-order valence-corrected chi connectivity index (χ1v) is 11.3. The van der Waals surface area contributed by atoms with E-state index in [-0.39, 0.29) is 36.2 Å². The smallest absolute Gasteiger partial charge is 0.407 e. The van der Waals surface area contributed by atoms with Gasteiger partial charge in [0.15, 0.2) is 0 Å². The lowest BCUT2D eigenvalue weighted by Crippen LogP contribution is -2.61. The average Bonchev–Trinajstić information content (AvgIpc) is 3.14. The van der Waals surface area contributed by atoms with Crippen molar-refractivity contribution in [2.45, 2.75) is 77.6 Å². The molecule has 0 bridgehead atoms. The summed E-state index contributed by atoms with van der Waals surface area (Å²) in [7, 11) is 0. The van der Waals surface area contributed by atoms with E-state index in [2.05, 4.69) is 12.2 Å². The third kappa shape index (κ3) is 4.18. The summed E-state index contributed by atoms with van der Waals surface area (Å²) in [6, 6.07) is 0. The van der Waals surface area contributed by atoms with Crippen molar-refractivity contribution in [2.24, 2.45) is 22.7 Å². The molecule has 8 heteroatoms. The molecule has 2 aliphatic carbocycles. The van der Waals surface area contributed by atoms with E-state index in [1.165, 1.54) is 0 Å². The molecule has 7 unspecified atom stereocenters. The van der Waals surface area contributed by atoms with Gasteiger partial charge in [-0.2, -0.15) is 0 Å². The second-order valence-electron chi connectivity index (χ2n) is 9.92. The Kier molecular flexibility index (Phi) is 6.99. The first-order valence-electron chi connectivity index (χ1n) is 11.3. The Hall–Kier alpha value is -1.38. The second-order valence-corrected chi connectivity index (χ2v) is 9.92. The lowest BCUT2D eigenvalue weighted by atomic mass is 9.46. The predicted molar refractivity (Wildman–Crippen MR) is 111 cm³/mol. The van der Waals surface area contributed by atoms with Gasteiger partial charge in [0.05, 0.1) is 18.8 Å². The van der Waals surface area contributed by atoms with Gasteiger partial charge in [-0.25, -0.2) is 4.79 Å². The summed E-state index contributed by atoms with van der Waals surface area (Å²) in [4.78, 5) is 26.7. The highest BCUT2D eigenvalue weighted by molar-refractivity contribution is 5.77. The predicted octanol–water partition coefficient (Wildman–Crippen LogP) is 1.27. The van der Waals surface area contributed by atoms with Gasteiger partial charge in [-0.1, -0.05) is 13.8 Å². The molecule has 2 saturated carbocycles. The highest BCUT2D eigenvalue weighted by Crippen LogP contribution is 2.61. The number of rotatable bonds is 5. The van der Waals surface area contributed by atoms with Gasteiger partial charge in [0.2, 0.25) is 5.91 Å². The van der Waals surface area contributed by atoms with Crippen molar-refractivity contribution < 1.29 is 29.6 Å². The van der Waals surface area contributed by atoms with E-state index in [0.717, 1.165) is 12.8 Å². The largest absolute Gasteiger partial charge is 0.446 e. The van der Waals surface area contributed by atoms with E-state index in [1.807, 2.05) is 13.8 Å². The van der Waals surface area contributed by atoms with E-state index >= 15 is 0 Å². The number of β-amino-alcohol motifs (C(OH)–C–C–N with tert-alkyl or cyclic N) is 1. The Morgan fingerprint density at radius 3 is 2.50 bits per heavy atom. The van der Waals surface area contributed by atoms with Gasteiger partial charge in [0.1, 0.15) is 6.10 Å². The maximum atomic E-state index is 12.9. The van der Waals surface area contributed by atoms with Gasteiger partial charge in [-0.05, 0) is 56.3 Å². The maximum absolute atomic E-state index is 12.9. The van der Waals surface area contributed by atoms with Crippen molar-refractivity contribution in [3.8, 4) is 0 Å². The van der Waals surface area contributed by atoms with E-state index in [0.29, 0.717) is 38.9 Å². The molecular weight excluding hydrogens is 388 g/mol. The molecule has 3 aliphatic rings. The normalized spacial score (nSPS) is 41.3. The molecule has 4 N–H and O–H groups in total.